The molecule has 17 heavy (non-hydrogen) atoms. The van der Waals surface area contributed by atoms with Crippen LogP contribution in [0.15, 0.2) is 30.3 Å². The fraction of sp³-hybridized carbons (Fsp3) is 0.500. The van der Waals surface area contributed by atoms with E-state index in [1.54, 1.807) is 0 Å². The minimum atomic E-state index is -0.675. The number of hydrogen-bond acceptors (Lipinski definition) is 2. The second kappa shape index (κ2) is 11.1. The van der Waals surface area contributed by atoms with Crippen LogP contribution in [-0.2, 0) is 11.3 Å². The van der Waals surface area contributed by atoms with Crippen LogP contribution < -0.4 is 5.73 Å². The highest BCUT2D eigenvalue weighted by atomic mass is 16.4. The highest BCUT2D eigenvalue weighted by Crippen LogP contribution is 2.01. The first-order valence-corrected chi connectivity index (χ1v) is 6.16. The first-order chi connectivity index (χ1) is 8.20. The van der Waals surface area contributed by atoms with E-state index in [1.807, 2.05) is 30.3 Å². The number of unbranched alkanes of at least 4 members (excludes halogenated alkanes) is 3. The zero-order chi connectivity index (χ0) is 12.9. The molecule has 0 aliphatic carbocycles. The Morgan fingerprint density at radius 2 is 1.82 bits per heavy atom. The summed E-state index contributed by atoms with van der Waals surface area (Å²) in [5, 5.41) is 8.21. The average molecular weight is 237 g/mol. The molecule has 0 unspecified atom stereocenters. The molecule has 0 aliphatic heterocycles. The number of carboxylic acid groups (broad SMARTS) is 1. The molecule has 1 aromatic carbocycles. The van der Waals surface area contributed by atoms with Crippen molar-refractivity contribution < 1.29 is 9.90 Å². The molecule has 3 heteroatoms. The van der Waals surface area contributed by atoms with Gasteiger partial charge in [-0.1, -0.05) is 56.5 Å². The molecule has 3 nitrogen and oxygen atoms in total. The third kappa shape index (κ3) is 10.9. The second-order valence-electron chi connectivity index (χ2n) is 3.89. The minimum absolute atomic E-state index is 0.333. The molecule has 96 valence electrons. The molecule has 1 aromatic rings. The fourth-order valence-corrected chi connectivity index (χ4v) is 1.32. The van der Waals surface area contributed by atoms with E-state index in [2.05, 4.69) is 6.92 Å². The fourth-order valence-electron chi connectivity index (χ4n) is 1.32. The lowest BCUT2D eigenvalue weighted by molar-refractivity contribution is -0.137. The van der Waals surface area contributed by atoms with Crippen LogP contribution in [0.4, 0.5) is 0 Å². The van der Waals surface area contributed by atoms with Gasteiger partial charge in [0.15, 0.2) is 0 Å². The molecule has 0 aliphatic rings. The van der Waals surface area contributed by atoms with Gasteiger partial charge >= 0.3 is 5.97 Å². The Bertz CT molecular complexity index is 286. The number of benzene rings is 1. The summed E-state index contributed by atoms with van der Waals surface area (Å²) >= 11 is 0. The van der Waals surface area contributed by atoms with E-state index in [0.717, 1.165) is 19.3 Å². The van der Waals surface area contributed by atoms with E-state index < -0.39 is 5.97 Å². The van der Waals surface area contributed by atoms with Gasteiger partial charge in [0.1, 0.15) is 0 Å². The van der Waals surface area contributed by atoms with E-state index in [0.29, 0.717) is 13.0 Å². The third-order valence-electron chi connectivity index (χ3n) is 2.32. The maximum atomic E-state index is 9.96. The van der Waals surface area contributed by atoms with Crippen LogP contribution in [0.1, 0.15) is 44.6 Å². The van der Waals surface area contributed by atoms with Crippen LogP contribution in [0.5, 0.6) is 0 Å². The predicted octanol–water partition coefficient (Wildman–Crippen LogP) is 3.19. The maximum absolute atomic E-state index is 9.96. The van der Waals surface area contributed by atoms with Gasteiger partial charge in [0, 0.05) is 13.0 Å². The highest BCUT2D eigenvalue weighted by Gasteiger charge is 1.93. The minimum Gasteiger partial charge on any atom is -0.481 e. The number of carbonyl (C=O) groups is 1. The van der Waals surface area contributed by atoms with Crippen molar-refractivity contribution in [1.82, 2.24) is 0 Å². The molecule has 0 amide bonds. The zero-order valence-corrected chi connectivity index (χ0v) is 10.6. The molecule has 0 heterocycles. The van der Waals surface area contributed by atoms with Gasteiger partial charge in [0.05, 0.1) is 0 Å². The first-order valence-electron chi connectivity index (χ1n) is 6.16. The summed E-state index contributed by atoms with van der Waals surface area (Å²) in [5.41, 5.74) is 6.54. The number of hydrogen-bond donors (Lipinski definition) is 2. The Kier molecular flexibility index (Phi) is 10.3. The molecule has 0 bridgehead atoms. The molecule has 0 radical (unpaired) electrons. The number of carboxylic acids is 1. The molecule has 1 rings (SSSR count). The summed E-state index contributed by atoms with van der Waals surface area (Å²) in [7, 11) is 0. The lowest BCUT2D eigenvalue weighted by atomic mass is 10.2. The van der Waals surface area contributed by atoms with Gasteiger partial charge in [-0.05, 0) is 12.0 Å². The van der Waals surface area contributed by atoms with Crippen molar-refractivity contribution in [2.45, 2.75) is 45.6 Å². The summed E-state index contributed by atoms with van der Waals surface area (Å²) in [6.45, 7) is 2.75. The molecule has 0 atom stereocenters. The van der Waals surface area contributed by atoms with Crippen molar-refractivity contribution in [2.24, 2.45) is 5.73 Å². The second-order valence-corrected chi connectivity index (χ2v) is 3.89. The van der Waals surface area contributed by atoms with Gasteiger partial charge in [-0.2, -0.15) is 0 Å². The highest BCUT2D eigenvalue weighted by molar-refractivity contribution is 5.66. The molecule has 0 saturated carbocycles. The largest absolute Gasteiger partial charge is 0.481 e. The average Bonchev–Trinajstić information content (AvgIpc) is 2.36. The van der Waals surface area contributed by atoms with Crippen LogP contribution in [-0.4, -0.2) is 11.1 Å². The Hall–Kier alpha value is -1.35. The van der Waals surface area contributed by atoms with Gasteiger partial charge < -0.3 is 10.8 Å². The maximum Gasteiger partial charge on any atom is 0.303 e. The van der Waals surface area contributed by atoms with E-state index in [9.17, 15) is 4.79 Å². The van der Waals surface area contributed by atoms with Gasteiger partial charge in [-0.25, -0.2) is 0 Å². The topological polar surface area (TPSA) is 63.3 Å². The summed E-state index contributed by atoms with van der Waals surface area (Å²) < 4.78 is 0. The molecule has 0 spiro atoms. The standard InChI is InChI=1S/C7H9N.C7H14O2/c8-6-7-4-2-1-3-5-7;1-2-3-4-5-6-7(8)9/h1-5H,6,8H2;2-6H2,1H3,(H,8,9). The smallest absolute Gasteiger partial charge is 0.303 e. The van der Waals surface area contributed by atoms with Crippen molar-refractivity contribution in [3.8, 4) is 0 Å². The number of rotatable bonds is 6. The summed E-state index contributed by atoms with van der Waals surface area (Å²) in [4.78, 5) is 9.96. The Morgan fingerprint density at radius 1 is 1.18 bits per heavy atom. The van der Waals surface area contributed by atoms with Crippen molar-refractivity contribution in [1.29, 1.82) is 0 Å². The van der Waals surface area contributed by atoms with E-state index in [4.69, 9.17) is 10.8 Å². The number of aliphatic carboxylic acids is 1. The van der Waals surface area contributed by atoms with Gasteiger partial charge in [-0.3, -0.25) is 4.79 Å². The van der Waals surface area contributed by atoms with Crippen LogP contribution in [0.3, 0.4) is 0 Å². The predicted molar refractivity (Wildman–Crippen MR) is 70.7 cm³/mol. The van der Waals surface area contributed by atoms with Crippen LogP contribution in [0.2, 0.25) is 0 Å². The lowest BCUT2D eigenvalue weighted by Gasteiger charge is -1.92. The third-order valence-corrected chi connectivity index (χ3v) is 2.32. The van der Waals surface area contributed by atoms with Crippen LogP contribution in [0.25, 0.3) is 0 Å². The zero-order valence-electron chi connectivity index (χ0n) is 10.6. The molecular weight excluding hydrogens is 214 g/mol. The van der Waals surface area contributed by atoms with Crippen molar-refractivity contribution >= 4 is 5.97 Å². The molecule has 3 N–H and O–H groups in total. The molecule has 0 aromatic heterocycles. The summed E-state index contributed by atoms with van der Waals surface area (Å²) in [6, 6.07) is 9.99. The van der Waals surface area contributed by atoms with Crippen LogP contribution in [0, 0.1) is 0 Å². The normalized spacial score (nSPS) is 9.29. The summed E-state index contributed by atoms with van der Waals surface area (Å²) in [6.07, 6.45) is 4.55. The van der Waals surface area contributed by atoms with Crippen LogP contribution >= 0.6 is 0 Å². The molecular formula is C14H23NO2. The van der Waals surface area contributed by atoms with E-state index in [-0.39, 0.29) is 0 Å². The van der Waals surface area contributed by atoms with Crippen molar-refractivity contribution in [3.05, 3.63) is 35.9 Å². The molecule has 0 saturated heterocycles. The van der Waals surface area contributed by atoms with E-state index in [1.165, 1.54) is 12.0 Å². The van der Waals surface area contributed by atoms with E-state index >= 15 is 0 Å². The lowest BCUT2D eigenvalue weighted by Crippen LogP contribution is -1.94. The SMILES string of the molecule is CCCCCCC(=O)O.NCc1ccccc1. The number of nitrogens with two attached hydrogens (primary N) is 1. The molecule has 0 fully saturated rings. The Labute approximate surface area is 104 Å². The van der Waals surface area contributed by atoms with Crippen molar-refractivity contribution in [2.75, 3.05) is 0 Å². The summed E-state index contributed by atoms with van der Waals surface area (Å²) in [5.74, 6) is -0.675. The first kappa shape index (κ1) is 15.7. The van der Waals surface area contributed by atoms with Gasteiger partial charge in [0.25, 0.3) is 0 Å². The van der Waals surface area contributed by atoms with Gasteiger partial charge in [0.2, 0.25) is 0 Å². The Morgan fingerprint density at radius 3 is 2.24 bits per heavy atom. The monoisotopic (exact) mass is 237 g/mol. The van der Waals surface area contributed by atoms with Gasteiger partial charge in [-0.15, -0.1) is 0 Å². The van der Waals surface area contributed by atoms with Crippen molar-refractivity contribution in [3.63, 3.8) is 0 Å². The quantitative estimate of drug-likeness (QED) is 0.747. The Balaban J connectivity index is 0.000000302.